The van der Waals surface area contributed by atoms with Gasteiger partial charge in [-0.3, -0.25) is 0 Å². The molecule has 0 saturated heterocycles. The molecular formula is C36H56Cl2P2Pd. The van der Waals surface area contributed by atoms with Crippen molar-refractivity contribution in [1.82, 2.24) is 0 Å². The van der Waals surface area contributed by atoms with Crippen LogP contribution in [0.1, 0.15) is 128 Å². The molecule has 0 unspecified atom stereocenters. The van der Waals surface area contributed by atoms with E-state index in [0.29, 0.717) is 0 Å². The van der Waals surface area contributed by atoms with Crippen molar-refractivity contribution in [3.63, 3.8) is 0 Å². The molecule has 0 bridgehead atoms. The number of halogens is 2. The van der Waals surface area contributed by atoms with Crippen LogP contribution >= 0.6 is 30.0 Å². The molecule has 0 spiro atoms. The van der Waals surface area contributed by atoms with E-state index in [2.05, 4.69) is 62.4 Å². The minimum absolute atomic E-state index is 0.786. The Balaban J connectivity index is 1.73. The molecule has 0 radical (unpaired) electrons. The van der Waals surface area contributed by atoms with E-state index in [1.54, 1.807) is 21.7 Å². The maximum absolute atomic E-state index is 9.07. The summed E-state index contributed by atoms with van der Waals surface area (Å²) in [7, 11) is 18.1. The summed E-state index contributed by atoms with van der Waals surface area (Å²) in [5, 5.41) is 3.54. The van der Waals surface area contributed by atoms with E-state index in [9.17, 15) is 0 Å². The van der Waals surface area contributed by atoms with Crippen LogP contribution in [0.2, 0.25) is 0 Å². The Morgan fingerprint density at radius 2 is 0.780 bits per heavy atom. The average molecular weight is 728 g/mol. The Kier molecular flexibility index (Phi) is 10.4. The number of benzene rings is 2. The van der Waals surface area contributed by atoms with Crippen molar-refractivity contribution >= 4 is 40.6 Å². The summed E-state index contributed by atoms with van der Waals surface area (Å²) in [6.07, 6.45) is 24.6. The van der Waals surface area contributed by atoms with Crippen molar-refractivity contribution in [1.29, 1.82) is 0 Å². The van der Waals surface area contributed by atoms with Gasteiger partial charge in [0.15, 0.2) is 0 Å². The van der Waals surface area contributed by atoms with E-state index < -0.39 is 23.4 Å². The Morgan fingerprint density at radius 1 is 0.512 bits per heavy atom. The summed E-state index contributed by atoms with van der Waals surface area (Å²) in [6.45, 7) is 4.80. The van der Waals surface area contributed by atoms with Crippen molar-refractivity contribution < 1.29 is 12.5 Å². The number of rotatable bonds is 10. The van der Waals surface area contributed by atoms with E-state index in [-0.39, 0.29) is 0 Å². The first-order valence-electron chi connectivity index (χ1n) is 17.3. The normalized spacial score (nSPS) is 23.5. The first-order valence-corrected chi connectivity index (χ1v) is 29.9. The monoisotopic (exact) mass is 726 g/mol. The summed E-state index contributed by atoms with van der Waals surface area (Å²) in [6, 6.07) is 19.6. The number of aryl methyl sites for hydroxylation is 2. The van der Waals surface area contributed by atoms with Crippen molar-refractivity contribution in [2.75, 3.05) is 0 Å². The van der Waals surface area contributed by atoms with Crippen LogP contribution in [0.5, 0.6) is 0 Å². The molecule has 6 rings (SSSR count). The van der Waals surface area contributed by atoms with E-state index in [1.807, 2.05) is 0 Å². The van der Waals surface area contributed by atoms with Crippen LogP contribution in [0.25, 0.3) is 0 Å². The third kappa shape index (κ3) is 5.11. The Hall–Kier alpha value is 0.542. The second-order valence-electron chi connectivity index (χ2n) is 13.7. The zero-order valence-corrected chi connectivity index (χ0v) is 30.8. The molecule has 4 aliphatic rings. The van der Waals surface area contributed by atoms with E-state index in [0.717, 1.165) is 35.5 Å². The Morgan fingerprint density at radius 3 is 1.05 bits per heavy atom. The molecule has 4 saturated carbocycles. The van der Waals surface area contributed by atoms with Crippen LogP contribution in [0.4, 0.5) is 0 Å². The molecule has 234 valence electrons. The summed E-state index contributed by atoms with van der Waals surface area (Å²) in [5.74, 6) is 0. The molecule has 4 aliphatic carbocycles. The third-order valence-corrected chi connectivity index (χ3v) is 65.8. The Labute approximate surface area is 263 Å². The van der Waals surface area contributed by atoms with Gasteiger partial charge in [-0.2, -0.15) is 0 Å². The van der Waals surface area contributed by atoms with Crippen LogP contribution in [0.3, 0.4) is 0 Å². The molecule has 0 N–H and O–H groups in total. The van der Waals surface area contributed by atoms with Gasteiger partial charge < -0.3 is 0 Å². The molecule has 4 fully saturated rings. The van der Waals surface area contributed by atoms with E-state index in [1.165, 1.54) is 103 Å². The van der Waals surface area contributed by atoms with Gasteiger partial charge in [0, 0.05) is 0 Å². The molecular weight excluding hydrogens is 672 g/mol. The van der Waals surface area contributed by atoms with Crippen LogP contribution < -0.4 is 10.6 Å². The molecule has 0 heterocycles. The van der Waals surface area contributed by atoms with Gasteiger partial charge >= 0.3 is 265 Å². The first-order chi connectivity index (χ1) is 20.0. The van der Waals surface area contributed by atoms with Crippen molar-refractivity contribution in [2.45, 2.75) is 152 Å². The van der Waals surface area contributed by atoms with E-state index >= 15 is 0 Å². The van der Waals surface area contributed by atoms with Gasteiger partial charge in [-0.25, -0.2) is 0 Å². The fourth-order valence-corrected chi connectivity index (χ4v) is 84.4. The van der Waals surface area contributed by atoms with Gasteiger partial charge in [0.2, 0.25) is 0 Å². The molecule has 0 nitrogen and oxygen atoms in total. The SMILES string of the molecule is CCc1ccccc1[PH](C1CCCC1)(C1CCCC1)[Pd]([Cl])([Cl])[PH](c1ccccc1CC)(C1CCCC1)C1CCCC1. The van der Waals surface area contributed by atoms with Gasteiger partial charge in [-0.15, -0.1) is 0 Å². The summed E-state index contributed by atoms with van der Waals surface area (Å²) >= 11 is -3.06. The second kappa shape index (κ2) is 13.5. The number of hydrogen-bond acceptors (Lipinski definition) is 0. The molecule has 2 aromatic carbocycles. The van der Waals surface area contributed by atoms with Crippen molar-refractivity contribution in [3.8, 4) is 0 Å². The molecule has 41 heavy (non-hydrogen) atoms. The van der Waals surface area contributed by atoms with Gasteiger partial charge in [0.25, 0.3) is 0 Å². The topological polar surface area (TPSA) is 0 Å². The van der Waals surface area contributed by atoms with Crippen LogP contribution in [0.15, 0.2) is 48.5 Å². The van der Waals surface area contributed by atoms with Crippen molar-refractivity contribution in [3.05, 3.63) is 59.7 Å². The maximum atomic E-state index is 9.07. The summed E-state index contributed by atoms with van der Waals surface area (Å²) in [4.78, 5) is 0. The summed E-state index contributed by atoms with van der Waals surface area (Å²) in [5.41, 5.74) is 1.68. The average Bonchev–Trinajstić information content (AvgIpc) is 3.83. The van der Waals surface area contributed by atoms with Crippen LogP contribution in [-0.2, 0) is 25.3 Å². The van der Waals surface area contributed by atoms with Crippen molar-refractivity contribution in [2.24, 2.45) is 0 Å². The van der Waals surface area contributed by atoms with Crippen LogP contribution in [-0.4, -0.2) is 22.6 Å². The predicted molar refractivity (Wildman–Crippen MR) is 188 cm³/mol. The predicted octanol–water partition coefficient (Wildman–Crippen LogP) is 11.3. The van der Waals surface area contributed by atoms with Gasteiger partial charge in [-0.1, -0.05) is 0 Å². The molecule has 2 aromatic rings. The zero-order chi connectivity index (χ0) is 28.5. The first kappa shape index (κ1) is 31.5. The van der Waals surface area contributed by atoms with Gasteiger partial charge in [0.1, 0.15) is 0 Å². The second-order valence-corrected chi connectivity index (χ2v) is 47.7. The summed E-state index contributed by atoms with van der Waals surface area (Å²) < 4.78 is 0. The number of hydrogen-bond donors (Lipinski definition) is 0. The van der Waals surface area contributed by atoms with Gasteiger partial charge in [-0.05, 0) is 0 Å². The van der Waals surface area contributed by atoms with Crippen LogP contribution in [0, 0.1) is 0 Å². The molecule has 5 heteroatoms. The zero-order valence-electron chi connectivity index (χ0n) is 25.7. The quantitative estimate of drug-likeness (QED) is 0.169. The molecule has 0 atom stereocenters. The van der Waals surface area contributed by atoms with Gasteiger partial charge in [0.05, 0.1) is 0 Å². The van der Waals surface area contributed by atoms with E-state index in [4.69, 9.17) is 19.1 Å². The Bertz CT molecular complexity index is 1040. The third-order valence-electron chi connectivity index (χ3n) is 11.9. The fraction of sp³-hybridized carbons (Fsp3) is 0.667. The molecule has 0 aromatic heterocycles. The minimum atomic E-state index is -3.06. The molecule has 0 amide bonds. The fourth-order valence-electron chi connectivity index (χ4n) is 10.3. The molecule has 0 aliphatic heterocycles. The standard InChI is InChI=1S/2C18H27P.2ClH.Pd/c2*1-2-15-9-3-8-14-18(15)19(16-10-4-5-11-16)17-12-6-7-13-17;;;/h2*3,8-9,14,16-17H,2,4-7,10-13H2,1H3;2*1H;.